The molecule has 0 saturated carbocycles. The first-order chi connectivity index (χ1) is 16.0. The fourth-order valence-electron chi connectivity index (χ4n) is 3.01. The molecule has 34 heavy (non-hydrogen) atoms. The van der Waals surface area contributed by atoms with Crippen molar-refractivity contribution in [2.24, 2.45) is 0 Å². The number of thiazole rings is 1. The second-order valence-electron chi connectivity index (χ2n) is 8.26. The Balaban J connectivity index is 2.12. The van der Waals surface area contributed by atoms with Crippen LogP contribution in [0.2, 0.25) is 0 Å². The number of ether oxygens (including phenoxy) is 2. The van der Waals surface area contributed by atoms with E-state index in [1.807, 2.05) is 0 Å². The van der Waals surface area contributed by atoms with E-state index in [-0.39, 0.29) is 27.7 Å². The van der Waals surface area contributed by atoms with E-state index in [9.17, 15) is 17.6 Å². The molecule has 1 aromatic heterocycles. The van der Waals surface area contributed by atoms with E-state index in [0.717, 1.165) is 21.7 Å². The zero-order valence-corrected chi connectivity index (χ0v) is 20.9. The Bertz CT molecular complexity index is 1300. The van der Waals surface area contributed by atoms with Crippen molar-refractivity contribution in [3.8, 4) is 5.75 Å². The number of nitrogens with zero attached hydrogens (tertiary/aromatic N) is 2. The highest BCUT2D eigenvalue weighted by Crippen LogP contribution is 2.34. The maximum atomic E-state index is 14.4. The number of hydrogen-bond donors (Lipinski definition) is 0. The van der Waals surface area contributed by atoms with Gasteiger partial charge in [0, 0.05) is 5.56 Å². The Labute approximate surface area is 202 Å². The molecule has 0 atom stereocenters. The number of benzene rings is 2. The molecule has 2 aromatic carbocycles. The zero-order chi connectivity index (χ0) is 25.1. The first-order valence-corrected chi connectivity index (χ1v) is 12.5. The number of rotatable bonds is 8. The monoisotopic (exact) mass is 504 g/mol. The van der Waals surface area contributed by atoms with Gasteiger partial charge in [-0.25, -0.2) is 22.6 Å². The minimum absolute atomic E-state index is 0.0678. The molecular weight excluding hydrogens is 479 g/mol. The predicted molar refractivity (Wildman–Crippen MR) is 130 cm³/mol. The normalized spacial score (nSPS) is 11.7. The number of sulfonamides is 1. The Morgan fingerprint density at radius 2 is 1.88 bits per heavy atom. The van der Waals surface area contributed by atoms with Gasteiger partial charge in [0.1, 0.15) is 22.2 Å². The number of methoxy groups -OCH3 is 1. The van der Waals surface area contributed by atoms with Crippen molar-refractivity contribution in [3.63, 3.8) is 0 Å². The maximum Gasteiger partial charge on any atom is 0.360 e. The van der Waals surface area contributed by atoms with Crippen molar-refractivity contribution in [3.05, 3.63) is 77.2 Å². The molecule has 180 valence electrons. The predicted octanol–water partition coefficient (Wildman–Crippen LogP) is 5.28. The molecule has 0 saturated heterocycles. The van der Waals surface area contributed by atoms with Crippen molar-refractivity contribution in [1.29, 1.82) is 0 Å². The lowest BCUT2D eigenvalue weighted by Gasteiger charge is -2.25. The summed E-state index contributed by atoms with van der Waals surface area (Å²) in [6.45, 7) is 8.49. The van der Waals surface area contributed by atoms with Crippen LogP contribution in [0.1, 0.15) is 42.4 Å². The van der Waals surface area contributed by atoms with Gasteiger partial charge in [0.25, 0.3) is 10.0 Å². The molecule has 0 bridgehead atoms. The second kappa shape index (κ2) is 9.94. The van der Waals surface area contributed by atoms with Gasteiger partial charge in [-0.05, 0) is 50.6 Å². The van der Waals surface area contributed by atoms with Crippen molar-refractivity contribution >= 4 is 38.4 Å². The van der Waals surface area contributed by atoms with E-state index in [2.05, 4.69) is 11.6 Å². The van der Waals surface area contributed by atoms with Crippen LogP contribution >= 0.6 is 11.3 Å². The van der Waals surface area contributed by atoms with E-state index in [1.54, 1.807) is 45.0 Å². The van der Waals surface area contributed by atoms with E-state index in [4.69, 9.17) is 9.47 Å². The summed E-state index contributed by atoms with van der Waals surface area (Å²) in [4.78, 5) is 16.6. The van der Waals surface area contributed by atoms with Gasteiger partial charge in [-0.2, -0.15) is 0 Å². The van der Waals surface area contributed by atoms with Crippen LogP contribution in [0.4, 0.5) is 9.39 Å². The quantitative estimate of drug-likeness (QED) is 0.388. The number of hydrogen-bond acceptors (Lipinski definition) is 7. The number of carbonyl (C=O) groups excluding carboxylic acids is 1. The number of aromatic nitrogens is 1. The van der Waals surface area contributed by atoms with E-state index >= 15 is 0 Å². The Kier molecular flexibility index (Phi) is 7.42. The minimum Gasteiger partial charge on any atom is -0.497 e. The molecule has 0 aliphatic carbocycles. The highest BCUT2D eigenvalue weighted by atomic mass is 32.2. The van der Waals surface area contributed by atoms with Crippen LogP contribution < -0.4 is 9.04 Å². The third-order valence-corrected chi connectivity index (χ3v) is 7.34. The summed E-state index contributed by atoms with van der Waals surface area (Å²) in [5.74, 6) is -0.878. The van der Waals surface area contributed by atoms with Crippen LogP contribution in [0.3, 0.4) is 0 Å². The van der Waals surface area contributed by atoms with Crippen LogP contribution in [0, 0.1) is 5.82 Å². The van der Waals surface area contributed by atoms with Gasteiger partial charge in [-0.3, -0.25) is 4.31 Å². The van der Waals surface area contributed by atoms with Gasteiger partial charge in [0.05, 0.1) is 24.1 Å². The topological polar surface area (TPSA) is 85.8 Å². The Hall–Kier alpha value is -3.24. The summed E-state index contributed by atoms with van der Waals surface area (Å²) in [5, 5.41) is 0.0678. The van der Waals surface area contributed by atoms with Crippen LogP contribution in [0.15, 0.2) is 59.4 Å². The molecule has 0 spiro atoms. The number of carbonyl (C=O) groups is 1. The summed E-state index contributed by atoms with van der Waals surface area (Å²) >= 11 is 0.972. The Morgan fingerprint density at radius 3 is 2.44 bits per heavy atom. The lowest BCUT2D eigenvalue weighted by molar-refractivity contribution is 0.00646. The molecule has 0 aliphatic heterocycles. The summed E-state index contributed by atoms with van der Waals surface area (Å²) in [6, 6.07) is 10.4. The first-order valence-electron chi connectivity index (χ1n) is 10.2. The van der Waals surface area contributed by atoms with Crippen molar-refractivity contribution in [2.45, 2.75) is 37.8 Å². The van der Waals surface area contributed by atoms with Crippen LogP contribution in [0.25, 0.3) is 6.08 Å². The number of esters is 1. The van der Waals surface area contributed by atoms with Gasteiger partial charge in [0.15, 0.2) is 5.69 Å². The smallest absolute Gasteiger partial charge is 0.360 e. The molecule has 0 amide bonds. The largest absolute Gasteiger partial charge is 0.497 e. The minimum atomic E-state index is -4.29. The molecule has 0 aliphatic rings. The lowest BCUT2D eigenvalue weighted by atomic mass is 10.2. The average Bonchev–Trinajstić information content (AvgIpc) is 3.26. The highest BCUT2D eigenvalue weighted by molar-refractivity contribution is 7.93. The molecular formula is C24H25FN2O5S2. The van der Waals surface area contributed by atoms with Gasteiger partial charge < -0.3 is 9.47 Å². The molecule has 3 rings (SSSR count). The summed E-state index contributed by atoms with van der Waals surface area (Å²) < 4.78 is 53.5. The van der Waals surface area contributed by atoms with Crippen molar-refractivity contribution < 1.29 is 27.1 Å². The average molecular weight is 505 g/mol. The first kappa shape index (κ1) is 25.4. The molecule has 7 nitrogen and oxygen atoms in total. The fraction of sp³-hybridized carbons (Fsp3) is 0.250. The van der Waals surface area contributed by atoms with Crippen LogP contribution in [-0.2, 0) is 21.3 Å². The van der Waals surface area contributed by atoms with E-state index in [1.165, 1.54) is 30.8 Å². The van der Waals surface area contributed by atoms with Gasteiger partial charge in [-0.15, -0.1) is 11.3 Å². The van der Waals surface area contributed by atoms with Crippen LogP contribution in [-0.4, -0.2) is 32.1 Å². The SMILES string of the molecule is C=Cc1ccc(S(=O)(=O)N(Cc2ccc(OC)cc2)c2scnc2C(=O)OC(C)(C)C)cc1F. The van der Waals surface area contributed by atoms with Crippen LogP contribution in [0.5, 0.6) is 5.75 Å². The molecule has 1 heterocycles. The highest BCUT2D eigenvalue weighted by Gasteiger charge is 2.33. The molecule has 0 unspecified atom stereocenters. The molecule has 10 heteroatoms. The zero-order valence-electron chi connectivity index (χ0n) is 19.2. The van der Waals surface area contributed by atoms with Gasteiger partial charge in [0.2, 0.25) is 0 Å². The Morgan fingerprint density at radius 1 is 1.21 bits per heavy atom. The molecule has 0 N–H and O–H groups in total. The number of anilines is 1. The summed E-state index contributed by atoms with van der Waals surface area (Å²) in [7, 11) is -2.77. The van der Waals surface area contributed by atoms with Gasteiger partial charge >= 0.3 is 5.97 Å². The van der Waals surface area contributed by atoms with Gasteiger partial charge in [-0.1, -0.05) is 30.9 Å². The molecule has 3 aromatic rings. The van der Waals surface area contributed by atoms with Crippen molar-refractivity contribution in [2.75, 3.05) is 11.4 Å². The standard InChI is InChI=1S/C24H25FN2O5S2/c1-6-17-9-12-19(13-20(17)25)34(29,30)27(14-16-7-10-18(31-5)11-8-16)22-21(26-15-33-22)23(28)32-24(2,3)4/h6-13,15H,1,14H2,2-5H3. The fourth-order valence-corrected chi connectivity index (χ4v) is 5.49. The third-order valence-electron chi connectivity index (χ3n) is 4.63. The second-order valence-corrected chi connectivity index (χ2v) is 11.0. The molecule has 0 radical (unpaired) electrons. The number of halogens is 1. The summed E-state index contributed by atoms with van der Waals surface area (Å²) in [6.07, 6.45) is 1.30. The molecule has 0 fully saturated rings. The maximum absolute atomic E-state index is 14.4. The van der Waals surface area contributed by atoms with E-state index in [0.29, 0.717) is 11.3 Å². The lowest BCUT2D eigenvalue weighted by Crippen LogP contribution is -2.32. The van der Waals surface area contributed by atoms with E-state index < -0.39 is 27.4 Å². The van der Waals surface area contributed by atoms with Crippen molar-refractivity contribution in [1.82, 2.24) is 4.98 Å². The third kappa shape index (κ3) is 5.63. The summed E-state index contributed by atoms with van der Waals surface area (Å²) in [5.41, 5.74) is 1.22.